The predicted octanol–water partition coefficient (Wildman–Crippen LogP) is 3.15. The summed E-state index contributed by atoms with van der Waals surface area (Å²) in [7, 11) is 3.12. The van der Waals surface area contributed by atoms with Gasteiger partial charge in [0, 0.05) is 11.6 Å². The number of ether oxygens (including phenoxy) is 2. The molecule has 0 amide bonds. The minimum Gasteiger partial charge on any atom is -0.493 e. The second-order valence-corrected chi connectivity index (χ2v) is 5.58. The van der Waals surface area contributed by atoms with Gasteiger partial charge in [-0.2, -0.15) is 0 Å². The molecule has 1 heterocycles. The maximum atomic E-state index is 13.9. The normalized spacial score (nSPS) is 16.4. The summed E-state index contributed by atoms with van der Waals surface area (Å²) in [6.45, 7) is 2.05. The van der Waals surface area contributed by atoms with Gasteiger partial charge in [0.25, 0.3) is 0 Å². The van der Waals surface area contributed by atoms with E-state index in [0.717, 1.165) is 37.9 Å². The van der Waals surface area contributed by atoms with E-state index >= 15 is 0 Å². The lowest BCUT2D eigenvalue weighted by Crippen LogP contribution is -2.28. The Labute approximate surface area is 121 Å². The Morgan fingerprint density at radius 3 is 2.58 bits per heavy atom. The van der Waals surface area contributed by atoms with Gasteiger partial charge in [-0.3, -0.25) is 0 Å². The van der Waals surface area contributed by atoms with Crippen LogP contribution in [0.2, 0.25) is 0 Å². The molecule has 0 atom stereocenters. The third-order valence-electron chi connectivity index (χ3n) is 3.61. The molecule has 0 spiro atoms. The molecule has 106 valence electrons. The third kappa shape index (κ3) is 3.20. The molecular weight excluding hydrogens is 313 g/mol. The average Bonchev–Trinajstić information content (AvgIpc) is 2.44. The zero-order valence-electron chi connectivity index (χ0n) is 11.3. The highest BCUT2D eigenvalue weighted by Crippen LogP contribution is 2.40. The first-order valence-electron chi connectivity index (χ1n) is 6.47. The number of hydrogen-bond acceptors (Lipinski definition) is 3. The van der Waals surface area contributed by atoms with E-state index < -0.39 is 0 Å². The molecule has 0 bridgehead atoms. The van der Waals surface area contributed by atoms with Gasteiger partial charge in [-0.25, -0.2) is 4.39 Å². The molecule has 0 saturated carbocycles. The van der Waals surface area contributed by atoms with E-state index in [1.807, 2.05) is 0 Å². The van der Waals surface area contributed by atoms with Crippen LogP contribution >= 0.6 is 15.9 Å². The monoisotopic (exact) mass is 331 g/mol. The van der Waals surface area contributed by atoms with Gasteiger partial charge in [-0.15, -0.1) is 0 Å². The maximum Gasteiger partial charge on any atom is 0.165 e. The number of methoxy groups -OCH3 is 2. The Morgan fingerprint density at radius 1 is 1.32 bits per heavy atom. The average molecular weight is 332 g/mol. The van der Waals surface area contributed by atoms with Crippen LogP contribution in [0.25, 0.3) is 0 Å². The Kier molecular flexibility index (Phi) is 5.05. The second kappa shape index (κ2) is 6.57. The van der Waals surface area contributed by atoms with Crippen molar-refractivity contribution in [3.05, 3.63) is 21.9 Å². The molecule has 0 aliphatic carbocycles. The highest BCUT2D eigenvalue weighted by Gasteiger charge is 2.22. The van der Waals surface area contributed by atoms with E-state index in [2.05, 4.69) is 21.2 Å². The second-order valence-electron chi connectivity index (χ2n) is 4.78. The molecule has 3 nitrogen and oxygen atoms in total. The topological polar surface area (TPSA) is 30.5 Å². The molecule has 0 radical (unpaired) electrons. The van der Waals surface area contributed by atoms with E-state index in [1.54, 1.807) is 7.11 Å². The van der Waals surface area contributed by atoms with Gasteiger partial charge in [0.15, 0.2) is 11.5 Å². The molecule has 19 heavy (non-hydrogen) atoms. The fraction of sp³-hybridized carbons (Fsp3) is 0.571. The summed E-state index contributed by atoms with van der Waals surface area (Å²) >= 11 is 3.34. The van der Waals surface area contributed by atoms with Crippen molar-refractivity contribution in [3.63, 3.8) is 0 Å². The van der Waals surface area contributed by atoms with Crippen molar-refractivity contribution in [2.24, 2.45) is 5.92 Å². The zero-order valence-corrected chi connectivity index (χ0v) is 12.8. The van der Waals surface area contributed by atoms with Crippen LogP contribution in [0.15, 0.2) is 10.5 Å². The van der Waals surface area contributed by atoms with Crippen LogP contribution in [0, 0.1) is 11.7 Å². The fourth-order valence-corrected chi connectivity index (χ4v) is 3.03. The molecule has 2 rings (SSSR count). The molecule has 1 aliphatic heterocycles. The predicted molar refractivity (Wildman–Crippen MR) is 76.5 cm³/mol. The first-order chi connectivity index (χ1) is 9.17. The van der Waals surface area contributed by atoms with Crippen molar-refractivity contribution in [2.75, 3.05) is 27.3 Å². The van der Waals surface area contributed by atoms with Crippen molar-refractivity contribution in [2.45, 2.75) is 19.3 Å². The lowest BCUT2D eigenvalue weighted by Gasteiger charge is -2.24. The molecule has 1 fully saturated rings. The summed E-state index contributed by atoms with van der Waals surface area (Å²) in [5, 5.41) is 3.34. The standard InChI is InChI=1S/C14H19BrFNO2/c1-18-12-8-11(16)13(15)10(14(12)19-2)7-9-3-5-17-6-4-9/h8-9,17H,3-7H2,1-2H3. The van der Waals surface area contributed by atoms with E-state index in [0.29, 0.717) is 21.9 Å². The molecule has 5 heteroatoms. The van der Waals surface area contributed by atoms with Crippen molar-refractivity contribution in [1.82, 2.24) is 5.32 Å². The van der Waals surface area contributed by atoms with E-state index in [-0.39, 0.29) is 5.82 Å². The molecule has 1 aromatic rings. The van der Waals surface area contributed by atoms with E-state index in [9.17, 15) is 4.39 Å². The molecule has 0 unspecified atom stereocenters. The molecule has 1 aromatic carbocycles. The van der Waals surface area contributed by atoms with Crippen LogP contribution < -0.4 is 14.8 Å². The van der Waals surface area contributed by atoms with Gasteiger partial charge >= 0.3 is 0 Å². The molecule has 1 saturated heterocycles. The minimum absolute atomic E-state index is 0.304. The smallest absolute Gasteiger partial charge is 0.165 e. The fourth-order valence-electron chi connectivity index (χ4n) is 2.57. The number of piperidine rings is 1. The Morgan fingerprint density at radius 2 is 2.00 bits per heavy atom. The number of nitrogens with one attached hydrogen (secondary N) is 1. The Bertz CT molecular complexity index is 448. The van der Waals surface area contributed by atoms with Gasteiger partial charge in [0.2, 0.25) is 0 Å². The zero-order chi connectivity index (χ0) is 13.8. The van der Waals surface area contributed by atoms with Crippen molar-refractivity contribution in [1.29, 1.82) is 0 Å². The number of rotatable bonds is 4. The Hall–Kier alpha value is -0.810. The summed E-state index contributed by atoms with van der Waals surface area (Å²) in [6, 6.07) is 1.36. The molecular formula is C14H19BrFNO2. The number of hydrogen-bond donors (Lipinski definition) is 1. The molecule has 1 aliphatic rings. The van der Waals surface area contributed by atoms with Gasteiger partial charge in [0.1, 0.15) is 5.82 Å². The third-order valence-corrected chi connectivity index (χ3v) is 4.46. The van der Waals surface area contributed by atoms with Crippen LogP contribution in [0.1, 0.15) is 18.4 Å². The van der Waals surface area contributed by atoms with Crippen LogP contribution in [0.5, 0.6) is 11.5 Å². The van der Waals surface area contributed by atoms with Crippen LogP contribution in [0.4, 0.5) is 4.39 Å². The van der Waals surface area contributed by atoms with Crippen LogP contribution in [0.3, 0.4) is 0 Å². The summed E-state index contributed by atoms with van der Waals surface area (Å²) < 4.78 is 25.0. The highest BCUT2D eigenvalue weighted by atomic mass is 79.9. The number of halogens is 2. The SMILES string of the molecule is COc1cc(F)c(Br)c(CC2CCNCC2)c1OC. The largest absolute Gasteiger partial charge is 0.493 e. The van der Waals surface area contributed by atoms with Gasteiger partial charge in [0.05, 0.1) is 18.7 Å². The summed E-state index contributed by atoms with van der Waals surface area (Å²) in [4.78, 5) is 0. The minimum atomic E-state index is -0.304. The van der Waals surface area contributed by atoms with Crippen molar-refractivity contribution in [3.8, 4) is 11.5 Å². The molecule has 1 N–H and O–H groups in total. The lowest BCUT2D eigenvalue weighted by molar-refractivity contribution is 0.336. The highest BCUT2D eigenvalue weighted by molar-refractivity contribution is 9.10. The van der Waals surface area contributed by atoms with Gasteiger partial charge in [-0.1, -0.05) is 0 Å². The lowest BCUT2D eigenvalue weighted by atomic mass is 9.90. The first-order valence-corrected chi connectivity index (χ1v) is 7.26. The van der Waals surface area contributed by atoms with Gasteiger partial charge < -0.3 is 14.8 Å². The summed E-state index contributed by atoms with van der Waals surface area (Å²) in [6.07, 6.45) is 3.02. The summed E-state index contributed by atoms with van der Waals surface area (Å²) in [5.41, 5.74) is 0.867. The van der Waals surface area contributed by atoms with Crippen LogP contribution in [-0.2, 0) is 6.42 Å². The van der Waals surface area contributed by atoms with E-state index in [4.69, 9.17) is 9.47 Å². The van der Waals surface area contributed by atoms with Crippen molar-refractivity contribution < 1.29 is 13.9 Å². The number of benzene rings is 1. The van der Waals surface area contributed by atoms with Gasteiger partial charge in [-0.05, 0) is 54.2 Å². The van der Waals surface area contributed by atoms with Crippen LogP contribution in [-0.4, -0.2) is 27.3 Å². The Balaban J connectivity index is 2.33. The van der Waals surface area contributed by atoms with E-state index in [1.165, 1.54) is 13.2 Å². The van der Waals surface area contributed by atoms with Crippen molar-refractivity contribution >= 4 is 15.9 Å². The maximum absolute atomic E-state index is 13.9. The summed E-state index contributed by atoms with van der Waals surface area (Å²) in [5.74, 6) is 1.33. The molecule has 0 aromatic heterocycles. The first kappa shape index (κ1) is 14.6. The quantitative estimate of drug-likeness (QED) is 0.919.